The first-order chi connectivity index (χ1) is 9.54. The second-order valence-corrected chi connectivity index (χ2v) is 5.24. The quantitative estimate of drug-likeness (QED) is 0.674. The van der Waals surface area contributed by atoms with E-state index in [2.05, 4.69) is 4.98 Å². The van der Waals surface area contributed by atoms with Crippen molar-refractivity contribution < 1.29 is 20.1 Å². The first-order valence-electron chi connectivity index (χ1n) is 5.71. The number of phenolic OH excluding ortho intramolecular Hbond substituents is 2. The van der Waals surface area contributed by atoms with Gasteiger partial charge in [-0.05, 0) is 36.4 Å². The molecule has 1 heterocycles. The third kappa shape index (κ3) is 2.06. The fourth-order valence-electron chi connectivity index (χ4n) is 1.91. The Morgan fingerprint density at radius 3 is 2.40 bits per heavy atom. The molecule has 0 aliphatic carbocycles. The van der Waals surface area contributed by atoms with Crippen LogP contribution < -0.4 is 0 Å². The van der Waals surface area contributed by atoms with Crippen molar-refractivity contribution in [1.29, 1.82) is 0 Å². The molecule has 3 aromatic rings. The number of hydrogen-bond acceptors (Lipinski definition) is 5. The lowest BCUT2D eigenvalue weighted by molar-refractivity contribution is 0.0698. The van der Waals surface area contributed by atoms with Gasteiger partial charge in [0.25, 0.3) is 0 Å². The van der Waals surface area contributed by atoms with E-state index < -0.39 is 5.97 Å². The van der Waals surface area contributed by atoms with Crippen molar-refractivity contribution >= 4 is 27.5 Å². The molecule has 1 aromatic heterocycles. The van der Waals surface area contributed by atoms with Crippen molar-refractivity contribution in [2.24, 2.45) is 0 Å². The van der Waals surface area contributed by atoms with Crippen molar-refractivity contribution in [3.8, 4) is 22.1 Å². The molecule has 0 bridgehead atoms. The normalized spacial score (nSPS) is 10.8. The highest BCUT2D eigenvalue weighted by Gasteiger charge is 2.15. The van der Waals surface area contributed by atoms with E-state index in [0.717, 1.165) is 5.56 Å². The Bertz CT molecular complexity index is 808. The Kier molecular flexibility index (Phi) is 2.80. The highest BCUT2D eigenvalue weighted by molar-refractivity contribution is 7.21. The zero-order valence-electron chi connectivity index (χ0n) is 10.1. The van der Waals surface area contributed by atoms with Gasteiger partial charge >= 0.3 is 5.97 Å². The van der Waals surface area contributed by atoms with Crippen LogP contribution in [-0.2, 0) is 0 Å². The van der Waals surface area contributed by atoms with Crippen LogP contribution in [0.4, 0.5) is 0 Å². The standard InChI is InChI=1S/C14H9NO4S/c16-8-3-1-7(2-4-8)13-15-12-10(14(18)19)5-9(17)6-11(12)20-13/h1-6,16-17H,(H,18,19). The number of thiazole rings is 1. The molecule has 5 nitrogen and oxygen atoms in total. The average Bonchev–Trinajstić information content (AvgIpc) is 2.81. The maximum atomic E-state index is 11.2. The van der Waals surface area contributed by atoms with Gasteiger partial charge in [0.05, 0.1) is 15.8 Å². The van der Waals surface area contributed by atoms with E-state index in [1.807, 2.05) is 0 Å². The van der Waals surface area contributed by atoms with E-state index >= 15 is 0 Å². The molecule has 0 unspecified atom stereocenters. The highest BCUT2D eigenvalue weighted by atomic mass is 32.1. The minimum atomic E-state index is -1.13. The van der Waals surface area contributed by atoms with Crippen LogP contribution in [0.5, 0.6) is 11.5 Å². The van der Waals surface area contributed by atoms with Crippen LogP contribution in [0.2, 0.25) is 0 Å². The van der Waals surface area contributed by atoms with Crippen LogP contribution in [0, 0.1) is 0 Å². The molecule has 0 spiro atoms. The summed E-state index contributed by atoms with van der Waals surface area (Å²) in [6.07, 6.45) is 0. The topological polar surface area (TPSA) is 90.7 Å². The molecular formula is C14H9NO4S. The minimum Gasteiger partial charge on any atom is -0.508 e. The molecule has 2 aromatic carbocycles. The lowest BCUT2D eigenvalue weighted by Crippen LogP contribution is -1.97. The Morgan fingerprint density at radius 1 is 1.05 bits per heavy atom. The Balaban J connectivity index is 2.22. The second kappa shape index (κ2) is 4.50. The number of carboxylic acids is 1. The summed E-state index contributed by atoms with van der Waals surface area (Å²) < 4.78 is 0.602. The number of fused-ring (bicyclic) bond motifs is 1. The molecule has 0 aliphatic rings. The molecule has 0 atom stereocenters. The number of benzene rings is 2. The van der Waals surface area contributed by atoms with Crippen LogP contribution in [-0.4, -0.2) is 26.3 Å². The van der Waals surface area contributed by atoms with E-state index in [1.54, 1.807) is 12.1 Å². The number of phenols is 2. The number of aromatic carboxylic acids is 1. The summed E-state index contributed by atoms with van der Waals surface area (Å²) in [5.41, 5.74) is 1.10. The summed E-state index contributed by atoms with van der Waals surface area (Å²) in [4.78, 5) is 15.5. The van der Waals surface area contributed by atoms with Crippen molar-refractivity contribution in [1.82, 2.24) is 4.98 Å². The second-order valence-electron chi connectivity index (χ2n) is 4.21. The summed E-state index contributed by atoms with van der Waals surface area (Å²) in [7, 11) is 0. The van der Waals surface area contributed by atoms with Crippen molar-refractivity contribution in [2.45, 2.75) is 0 Å². The lowest BCUT2D eigenvalue weighted by atomic mass is 10.2. The van der Waals surface area contributed by atoms with Gasteiger partial charge in [0.15, 0.2) is 0 Å². The predicted octanol–water partition coefficient (Wildman–Crippen LogP) is 3.07. The Hall–Kier alpha value is -2.60. The number of aromatic nitrogens is 1. The molecule has 20 heavy (non-hydrogen) atoms. The van der Waals surface area contributed by atoms with Gasteiger partial charge in [0.2, 0.25) is 0 Å². The number of carboxylic acid groups (broad SMARTS) is 1. The summed E-state index contributed by atoms with van der Waals surface area (Å²) in [6.45, 7) is 0. The number of hydrogen-bond donors (Lipinski definition) is 3. The molecule has 3 rings (SSSR count). The van der Waals surface area contributed by atoms with E-state index in [1.165, 1.54) is 35.6 Å². The van der Waals surface area contributed by atoms with Gasteiger partial charge < -0.3 is 15.3 Å². The monoisotopic (exact) mass is 287 g/mol. The van der Waals surface area contributed by atoms with Crippen LogP contribution in [0.25, 0.3) is 20.8 Å². The van der Waals surface area contributed by atoms with Gasteiger partial charge in [0, 0.05) is 5.56 Å². The zero-order valence-corrected chi connectivity index (χ0v) is 10.9. The third-order valence-electron chi connectivity index (χ3n) is 2.82. The first kappa shape index (κ1) is 12.4. The van der Waals surface area contributed by atoms with Crippen LogP contribution in [0.3, 0.4) is 0 Å². The molecule has 6 heteroatoms. The zero-order chi connectivity index (χ0) is 14.3. The number of nitrogens with zero attached hydrogens (tertiary/aromatic N) is 1. The summed E-state index contributed by atoms with van der Waals surface area (Å²) in [5, 5.41) is 28.6. The third-order valence-corrected chi connectivity index (χ3v) is 3.88. The molecular weight excluding hydrogens is 278 g/mol. The van der Waals surface area contributed by atoms with Crippen LogP contribution >= 0.6 is 11.3 Å². The van der Waals surface area contributed by atoms with Crippen LogP contribution in [0.15, 0.2) is 36.4 Å². The van der Waals surface area contributed by atoms with Crippen molar-refractivity contribution in [3.63, 3.8) is 0 Å². The van der Waals surface area contributed by atoms with Gasteiger partial charge in [-0.2, -0.15) is 0 Å². The average molecular weight is 287 g/mol. The predicted molar refractivity (Wildman–Crippen MR) is 75.3 cm³/mol. The number of rotatable bonds is 2. The first-order valence-corrected chi connectivity index (χ1v) is 6.52. The Morgan fingerprint density at radius 2 is 1.75 bits per heavy atom. The molecule has 0 fully saturated rings. The molecule has 0 aliphatic heterocycles. The fourth-order valence-corrected chi connectivity index (χ4v) is 2.94. The van der Waals surface area contributed by atoms with Crippen LogP contribution in [0.1, 0.15) is 10.4 Å². The maximum Gasteiger partial charge on any atom is 0.338 e. The highest BCUT2D eigenvalue weighted by Crippen LogP contribution is 2.34. The minimum absolute atomic E-state index is 0.0266. The smallest absolute Gasteiger partial charge is 0.338 e. The maximum absolute atomic E-state index is 11.2. The van der Waals surface area contributed by atoms with E-state index in [9.17, 15) is 15.0 Å². The van der Waals surface area contributed by atoms with E-state index in [-0.39, 0.29) is 17.1 Å². The molecule has 100 valence electrons. The Labute approximate surface area is 117 Å². The fraction of sp³-hybridized carbons (Fsp3) is 0. The van der Waals surface area contributed by atoms with Crippen molar-refractivity contribution in [2.75, 3.05) is 0 Å². The van der Waals surface area contributed by atoms with Gasteiger partial charge in [0.1, 0.15) is 16.5 Å². The van der Waals surface area contributed by atoms with Gasteiger partial charge in [-0.15, -0.1) is 11.3 Å². The molecule has 0 amide bonds. The molecule has 0 saturated carbocycles. The number of aromatic hydroxyl groups is 2. The molecule has 0 radical (unpaired) electrons. The number of carbonyl (C=O) groups is 1. The van der Waals surface area contributed by atoms with Gasteiger partial charge in [-0.25, -0.2) is 9.78 Å². The lowest BCUT2D eigenvalue weighted by Gasteiger charge is -1.97. The van der Waals surface area contributed by atoms with E-state index in [0.29, 0.717) is 15.2 Å². The SMILES string of the molecule is O=C(O)c1cc(O)cc2sc(-c3ccc(O)cc3)nc12. The summed E-state index contributed by atoms with van der Waals surface area (Å²) in [6, 6.07) is 9.16. The molecule has 0 saturated heterocycles. The molecule has 3 N–H and O–H groups in total. The largest absolute Gasteiger partial charge is 0.508 e. The van der Waals surface area contributed by atoms with Crippen molar-refractivity contribution in [3.05, 3.63) is 42.0 Å². The van der Waals surface area contributed by atoms with Gasteiger partial charge in [-0.3, -0.25) is 0 Å². The summed E-state index contributed by atoms with van der Waals surface area (Å²) >= 11 is 1.29. The van der Waals surface area contributed by atoms with E-state index in [4.69, 9.17) is 5.11 Å². The summed E-state index contributed by atoms with van der Waals surface area (Å²) in [5.74, 6) is -1.08. The van der Waals surface area contributed by atoms with Gasteiger partial charge in [-0.1, -0.05) is 0 Å².